The first-order valence-electron chi connectivity index (χ1n) is 10.2. The Labute approximate surface area is 165 Å². The smallest absolute Gasteiger partial charge is 0.151 e. The molecule has 4 fully saturated rings. The first-order valence-corrected chi connectivity index (χ1v) is 11.6. The fraction of sp³-hybridized carbons (Fsp3) is 1.00. The fourth-order valence-corrected chi connectivity index (χ4v) is 7.14. The number of hydrogen-bond acceptors (Lipinski definition) is 7. The predicted molar refractivity (Wildman–Crippen MR) is 106 cm³/mol. The van der Waals surface area contributed by atoms with Crippen molar-refractivity contribution >= 4 is 23.4 Å². The number of aliphatic hydroxyl groups excluding tert-OH is 1. The Morgan fingerprint density at radius 3 is 2.65 bits per heavy atom. The van der Waals surface area contributed by atoms with Gasteiger partial charge in [0.25, 0.3) is 0 Å². The zero-order valence-electron chi connectivity index (χ0n) is 15.5. The first-order chi connectivity index (χ1) is 12.5. The van der Waals surface area contributed by atoms with Crippen LogP contribution in [0, 0.1) is 11.8 Å². The Hall–Kier alpha value is 0.400. The number of nitrogens with one attached hydrogen (secondary N) is 2. The number of piperidine rings is 1. The largest absolute Gasteiger partial charge is 0.378 e. The number of rotatable bonds is 6. The van der Waals surface area contributed by atoms with E-state index in [0.29, 0.717) is 22.6 Å². The second-order valence-electron chi connectivity index (χ2n) is 8.27. The Bertz CT molecular complexity index is 480. The molecule has 0 bridgehead atoms. The summed E-state index contributed by atoms with van der Waals surface area (Å²) in [5, 5.41) is 18.5. The van der Waals surface area contributed by atoms with E-state index in [1.807, 2.05) is 11.8 Å². The summed E-state index contributed by atoms with van der Waals surface area (Å²) < 4.78 is 5.83. The summed E-state index contributed by atoms with van der Waals surface area (Å²) in [6.07, 6.45) is 4.88. The van der Waals surface area contributed by atoms with Crippen LogP contribution in [0.15, 0.2) is 0 Å². The molecule has 7 atom stereocenters. The maximum Gasteiger partial charge on any atom is 0.151 e. The van der Waals surface area contributed by atoms with Crippen LogP contribution in [0.4, 0.5) is 0 Å². The van der Waals surface area contributed by atoms with Crippen LogP contribution in [0.1, 0.15) is 39.0 Å². The van der Waals surface area contributed by atoms with Gasteiger partial charge in [0.15, 0.2) is 12.5 Å². The quantitative estimate of drug-likeness (QED) is 0.299. The summed E-state index contributed by atoms with van der Waals surface area (Å²) >= 11 is 8.14. The van der Waals surface area contributed by atoms with Crippen LogP contribution in [0.3, 0.4) is 0 Å². The molecule has 0 amide bonds. The second kappa shape index (κ2) is 8.41. The van der Waals surface area contributed by atoms with E-state index in [2.05, 4.69) is 22.5 Å². The minimum absolute atomic E-state index is 0.0323. The van der Waals surface area contributed by atoms with E-state index in [0.717, 1.165) is 51.7 Å². The van der Waals surface area contributed by atoms with E-state index in [-0.39, 0.29) is 23.7 Å². The lowest BCUT2D eigenvalue weighted by Gasteiger charge is -2.36. The molecule has 0 aromatic heterocycles. The van der Waals surface area contributed by atoms with Crippen molar-refractivity contribution in [2.75, 3.05) is 19.6 Å². The van der Waals surface area contributed by atoms with Gasteiger partial charge < -0.3 is 20.5 Å². The van der Waals surface area contributed by atoms with Gasteiger partial charge in [0.05, 0.1) is 5.37 Å². The summed E-state index contributed by atoms with van der Waals surface area (Å²) in [5.41, 5.74) is 5.98. The van der Waals surface area contributed by atoms with Crippen molar-refractivity contribution in [3.8, 4) is 0 Å². The molecular formula is C18H33ClN4O2S. The molecule has 0 spiro atoms. The van der Waals surface area contributed by atoms with Gasteiger partial charge in [0.1, 0.15) is 6.23 Å². The molecule has 3 aliphatic heterocycles. The van der Waals surface area contributed by atoms with Gasteiger partial charge in [-0.2, -0.15) is 0 Å². The Balaban J connectivity index is 1.29. The molecule has 0 aromatic carbocycles. The van der Waals surface area contributed by atoms with E-state index < -0.39 is 6.23 Å². The van der Waals surface area contributed by atoms with Crippen molar-refractivity contribution in [2.45, 2.75) is 79.8 Å². The minimum Gasteiger partial charge on any atom is -0.378 e. The average molecular weight is 405 g/mol. The van der Waals surface area contributed by atoms with Crippen molar-refractivity contribution in [1.82, 2.24) is 15.5 Å². The first kappa shape index (κ1) is 19.7. The zero-order chi connectivity index (χ0) is 18.3. The molecule has 0 radical (unpaired) electrons. The molecule has 1 aliphatic carbocycles. The monoisotopic (exact) mass is 404 g/mol. The van der Waals surface area contributed by atoms with Gasteiger partial charge in [-0.05, 0) is 51.1 Å². The van der Waals surface area contributed by atoms with Gasteiger partial charge >= 0.3 is 0 Å². The van der Waals surface area contributed by atoms with E-state index in [4.69, 9.17) is 22.1 Å². The lowest BCUT2D eigenvalue weighted by Crippen LogP contribution is -2.48. The summed E-state index contributed by atoms with van der Waals surface area (Å²) in [6.45, 7) is 5.53. The summed E-state index contributed by atoms with van der Waals surface area (Å²) in [7, 11) is 0. The number of nitrogens with two attached hydrogens (primary N) is 1. The maximum atomic E-state index is 10.2. The van der Waals surface area contributed by atoms with E-state index >= 15 is 0 Å². The highest BCUT2D eigenvalue weighted by atomic mass is 35.5. The third-order valence-electron chi connectivity index (χ3n) is 6.58. The summed E-state index contributed by atoms with van der Waals surface area (Å²) in [6, 6.07) is 0.509. The van der Waals surface area contributed by atoms with Crippen LogP contribution in [0.5, 0.6) is 0 Å². The molecule has 4 aliphatic rings. The van der Waals surface area contributed by atoms with Crippen LogP contribution in [-0.4, -0.2) is 70.4 Å². The number of fused-ring (bicyclic) bond motifs is 1. The number of halogens is 1. The fourth-order valence-electron chi connectivity index (χ4n) is 4.94. The van der Waals surface area contributed by atoms with Gasteiger partial charge in [0, 0.05) is 29.1 Å². The lowest BCUT2D eigenvalue weighted by molar-refractivity contribution is 0.0534. The number of likely N-dealkylation sites (tertiary alicyclic amines) is 1. The molecule has 8 heteroatoms. The standard InChI is InChI=1S/C18H33ClN4O2S/c1-2-23-8-7-12-13(9-23)26-18(14(12)15(20)24)22-17-16(25-17)21-11-5-3-10(19)4-6-11/h10-18,21-22,24H,2-9,20H2,1H3. The highest BCUT2D eigenvalue weighted by Gasteiger charge is 2.51. The summed E-state index contributed by atoms with van der Waals surface area (Å²) in [5.74, 6) is 0.588. The van der Waals surface area contributed by atoms with Crippen molar-refractivity contribution in [3.63, 3.8) is 0 Å². The van der Waals surface area contributed by atoms with Gasteiger partial charge in [-0.3, -0.25) is 10.6 Å². The Morgan fingerprint density at radius 1 is 1.23 bits per heavy atom. The number of epoxide rings is 1. The molecule has 4 rings (SSSR count). The third-order valence-corrected chi connectivity index (χ3v) is 8.61. The van der Waals surface area contributed by atoms with Crippen LogP contribution < -0.4 is 16.4 Å². The van der Waals surface area contributed by atoms with Crippen LogP contribution >= 0.6 is 23.4 Å². The third kappa shape index (κ3) is 4.35. The van der Waals surface area contributed by atoms with Crippen molar-refractivity contribution in [1.29, 1.82) is 0 Å². The number of nitrogens with zero attached hydrogens (tertiary/aromatic N) is 1. The van der Waals surface area contributed by atoms with E-state index in [1.165, 1.54) is 0 Å². The normalized spacial score (nSPS) is 47.5. The summed E-state index contributed by atoms with van der Waals surface area (Å²) in [4.78, 5) is 2.50. The second-order valence-corrected chi connectivity index (χ2v) is 10.3. The topological polar surface area (TPSA) is 86.1 Å². The van der Waals surface area contributed by atoms with Gasteiger partial charge in [-0.25, -0.2) is 0 Å². The van der Waals surface area contributed by atoms with Gasteiger partial charge in [-0.15, -0.1) is 23.4 Å². The van der Waals surface area contributed by atoms with Crippen LogP contribution in [0.2, 0.25) is 0 Å². The van der Waals surface area contributed by atoms with Gasteiger partial charge in [0.2, 0.25) is 0 Å². The Kier molecular flexibility index (Phi) is 6.38. The highest BCUT2D eigenvalue weighted by Crippen LogP contribution is 2.47. The van der Waals surface area contributed by atoms with Crippen LogP contribution in [0.25, 0.3) is 0 Å². The average Bonchev–Trinajstić information content (AvgIpc) is 3.23. The van der Waals surface area contributed by atoms with E-state index in [9.17, 15) is 5.11 Å². The minimum atomic E-state index is -0.771. The maximum absolute atomic E-state index is 10.2. The number of aliphatic hydroxyl groups is 1. The molecule has 1 saturated carbocycles. The molecule has 7 unspecified atom stereocenters. The highest BCUT2D eigenvalue weighted by molar-refractivity contribution is 8.00. The number of thioether (sulfide) groups is 1. The molecule has 26 heavy (non-hydrogen) atoms. The molecule has 5 N–H and O–H groups in total. The molecule has 3 saturated heterocycles. The predicted octanol–water partition coefficient (Wildman–Crippen LogP) is 1.07. The lowest BCUT2D eigenvalue weighted by atomic mass is 9.83. The van der Waals surface area contributed by atoms with Crippen molar-refractivity contribution in [3.05, 3.63) is 0 Å². The molecule has 6 nitrogen and oxygen atoms in total. The number of ether oxygens (including phenoxy) is 1. The number of hydrogen-bond donors (Lipinski definition) is 4. The molecule has 150 valence electrons. The number of alkyl halides is 1. The molecular weight excluding hydrogens is 372 g/mol. The van der Waals surface area contributed by atoms with Crippen molar-refractivity contribution < 1.29 is 9.84 Å². The van der Waals surface area contributed by atoms with Crippen LogP contribution in [-0.2, 0) is 4.74 Å². The SMILES string of the molecule is CCN1CCC2C(C1)SC(NC1OC1NC1CCC(Cl)CC1)C2C(N)O. The van der Waals surface area contributed by atoms with Crippen molar-refractivity contribution in [2.24, 2.45) is 17.6 Å². The van der Waals surface area contributed by atoms with E-state index in [1.54, 1.807) is 0 Å². The zero-order valence-corrected chi connectivity index (χ0v) is 17.1. The molecule has 0 aromatic rings. The Morgan fingerprint density at radius 2 is 1.96 bits per heavy atom. The molecule has 3 heterocycles. The van der Waals surface area contributed by atoms with Gasteiger partial charge in [-0.1, -0.05) is 6.92 Å².